The van der Waals surface area contributed by atoms with Crippen molar-refractivity contribution in [2.75, 3.05) is 0 Å². The molecule has 9 nitrogen and oxygen atoms in total. The van der Waals surface area contributed by atoms with Crippen LogP contribution in [0.25, 0.3) is 10.8 Å². The van der Waals surface area contributed by atoms with Crippen molar-refractivity contribution in [1.29, 1.82) is 0 Å². The average Bonchev–Trinajstić information content (AvgIpc) is 3.14. The van der Waals surface area contributed by atoms with Crippen LogP contribution in [0.4, 0.5) is 5.82 Å². The number of nitro groups is 1. The minimum Gasteiger partial charge on any atom is -0.358 e. The van der Waals surface area contributed by atoms with Gasteiger partial charge in [0.15, 0.2) is 0 Å². The van der Waals surface area contributed by atoms with Crippen LogP contribution in [-0.2, 0) is 16.9 Å². The highest BCUT2D eigenvalue weighted by Crippen LogP contribution is 2.30. The van der Waals surface area contributed by atoms with Crippen molar-refractivity contribution < 1.29 is 13.3 Å². The van der Waals surface area contributed by atoms with Gasteiger partial charge in [0.25, 0.3) is 5.82 Å². The number of hydrogen-bond donors (Lipinski definition) is 0. The van der Waals surface area contributed by atoms with Crippen LogP contribution in [-0.4, -0.2) is 33.1 Å². The molecule has 0 fully saturated rings. The largest absolute Gasteiger partial charge is 0.358 e. The Balaban J connectivity index is 2.03. The molecule has 0 saturated carbocycles. The number of benzene rings is 1. The average molecular weight is 351 g/mol. The monoisotopic (exact) mass is 351 g/mol. The molecule has 3 aromatic rings. The van der Waals surface area contributed by atoms with Gasteiger partial charge in [-0.3, -0.25) is 0 Å². The van der Waals surface area contributed by atoms with Crippen LogP contribution in [0.15, 0.2) is 45.8 Å². The lowest BCUT2D eigenvalue weighted by molar-refractivity contribution is -0.391. The van der Waals surface area contributed by atoms with Crippen LogP contribution < -0.4 is 0 Å². The molecule has 0 N–H and O–H groups in total. The lowest BCUT2D eigenvalue weighted by atomic mass is 10.4. The van der Waals surface area contributed by atoms with Crippen molar-refractivity contribution in [2.45, 2.75) is 9.24 Å². The molecule has 3 rings (SSSR count). The maximum atomic E-state index is 12.4. The second-order valence-electron chi connectivity index (χ2n) is 4.45. The maximum Gasteiger partial charge on any atom is 0.342 e. The van der Waals surface area contributed by atoms with Gasteiger partial charge in [0.2, 0.25) is 19.2 Å². The molecule has 2 aromatic heterocycles. The van der Waals surface area contributed by atoms with E-state index in [-0.39, 0.29) is 25.9 Å². The van der Waals surface area contributed by atoms with Crippen molar-refractivity contribution in [1.82, 2.24) is 19.7 Å². The Bertz CT molecular complexity index is 978. The number of rotatable bonds is 4. The van der Waals surface area contributed by atoms with E-state index in [1.807, 2.05) is 0 Å². The van der Waals surface area contributed by atoms with Gasteiger partial charge in [-0.15, -0.1) is 10.2 Å². The van der Waals surface area contributed by atoms with Crippen molar-refractivity contribution in [3.8, 4) is 10.8 Å². The second kappa shape index (κ2) is 5.52. The van der Waals surface area contributed by atoms with Gasteiger partial charge in [-0.2, -0.15) is 0 Å². The normalized spacial score (nSPS) is 11.5. The molecule has 0 aliphatic carbocycles. The van der Waals surface area contributed by atoms with Crippen LogP contribution >= 0.6 is 11.3 Å². The van der Waals surface area contributed by atoms with E-state index >= 15 is 0 Å². The predicted molar refractivity (Wildman–Crippen MR) is 80.7 cm³/mol. The number of sulfone groups is 1. The predicted octanol–water partition coefficient (Wildman–Crippen LogP) is 1.68. The van der Waals surface area contributed by atoms with E-state index in [1.54, 1.807) is 18.2 Å². The van der Waals surface area contributed by atoms with Gasteiger partial charge < -0.3 is 10.1 Å². The third-order valence-electron chi connectivity index (χ3n) is 3.03. The molecule has 0 bridgehead atoms. The van der Waals surface area contributed by atoms with E-state index in [4.69, 9.17) is 0 Å². The minimum absolute atomic E-state index is 0.105. The highest BCUT2D eigenvalue weighted by atomic mass is 32.2. The molecule has 0 saturated heterocycles. The third kappa shape index (κ3) is 2.59. The lowest BCUT2D eigenvalue weighted by Gasteiger charge is -1.98. The van der Waals surface area contributed by atoms with E-state index in [0.29, 0.717) is 0 Å². The summed E-state index contributed by atoms with van der Waals surface area (Å²) in [6.07, 6.45) is 1.09. The second-order valence-corrected chi connectivity index (χ2v) is 7.55. The Hall–Kier alpha value is -2.66. The molecule has 0 spiro atoms. The van der Waals surface area contributed by atoms with Crippen LogP contribution in [0.3, 0.4) is 0 Å². The molecule has 11 heteroatoms. The summed E-state index contributed by atoms with van der Waals surface area (Å²) in [6.45, 7) is 0. The van der Waals surface area contributed by atoms with Crippen molar-refractivity contribution >= 4 is 27.0 Å². The van der Waals surface area contributed by atoms with Gasteiger partial charge in [0.05, 0.1) is 11.9 Å². The standard InChI is InChI=1S/C12H9N5O4S2/c1-16-9(17(18)19)7-13-10(16)11-14-15-12(22-11)23(20,21)8-5-3-2-4-6-8/h2-7H,1H3. The minimum atomic E-state index is -3.77. The molecule has 0 radical (unpaired) electrons. The van der Waals surface area contributed by atoms with Gasteiger partial charge in [-0.25, -0.2) is 18.0 Å². The molecular formula is C12H9N5O4S2. The Labute approximate surface area is 134 Å². The highest BCUT2D eigenvalue weighted by molar-refractivity contribution is 7.93. The summed E-state index contributed by atoms with van der Waals surface area (Å²) in [5.41, 5.74) is 0. The van der Waals surface area contributed by atoms with Crippen LogP contribution in [0.2, 0.25) is 0 Å². The maximum absolute atomic E-state index is 12.4. The van der Waals surface area contributed by atoms with Gasteiger partial charge in [0, 0.05) is 0 Å². The summed E-state index contributed by atoms with van der Waals surface area (Å²) in [4.78, 5) is 14.3. The van der Waals surface area contributed by atoms with Crippen LogP contribution in [0, 0.1) is 10.1 Å². The smallest absolute Gasteiger partial charge is 0.342 e. The first-order chi connectivity index (χ1) is 10.9. The number of nitrogens with zero attached hydrogens (tertiary/aromatic N) is 5. The molecule has 0 aliphatic heterocycles. The lowest BCUT2D eigenvalue weighted by Crippen LogP contribution is -2.00. The Kier molecular flexibility index (Phi) is 3.66. The van der Waals surface area contributed by atoms with E-state index in [0.717, 1.165) is 17.5 Å². The van der Waals surface area contributed by atoms with Crippen molar-refractivity contribution in [3.63, 3.8) is 0 Å². The molecule has 1 aromatic carbocycles. The molecule has 23 heavy (non-hydrogen) atoms. The van der Waals surface area contributed by atoms with Crippen LogP contribution in [0.1, 0.15) is 0 Å². The van der Waals surface area contributed by atoms with E-state index in [2.05, 4.69) is 15.2 Å². The Morgan fingerprint density at radius 2 is 1.91 bits per heavy atom. The zero-order valence-electron chi connectivity index (χ0n) is 11.6. The summed E-state index contributed by atoms with van der Waals surface area (Å²) in [5.74, 6) is -0.0358. The fraction of sp³-hybridized carbons (Fsp3) is 0.0833. The van der Waals surface area contributed by atoms with E-state index < -0.39 is 14.8 Å². The fourth-order valence-electron chi connectivity index (χ4n) is 1.88. The highest BCUT2D eigenvalue weighted by Gasteiger charge is 2.26. The third-order valence-corrected chi connectivity index (χ3v) is 6.09. The topological polar surface area (TPSA) is 121 Å². The first kappa shape index (κ1) is 15.2. The van der Waals surface area contributed by atoms with Crippen LogP contribution in [0.5, 0.6) is 0 Å². The quantitative estimate of drug-likeness (QED) is 0.518. The molecule has 2 heterocycles. The molecule has 0 atom stereocenters. The van der Waals surface area contributed by atoms with Gasteiger partial charge >= 0.3 is 5.82 Å². The molecule has 0 unspecified atom stereocenters. The SMILES string of the molecule is Cn1c([N+](=O)[O-])cnc1-c1nnc(S(=O)(=O)c2ccccc2)s1. The number of hydrogen-bond acceptors (Lipinski definition) is 8. The van der Waals surface area contributed by atoms with Gasteiger partial charge in [-0.1, -0.05) is 29.5 Å². The summed E-state index contributed by atoms with van der Waals surface area (Å²) < 4.78 is 25.9. The van der Waals surface area contributed by atoms with Crippen molar-refractivity contribution in [2.24, 2.45) is 7.05 Å². The molecule has 118 valence electrons. The first-order valence-corrected chi connectivity index (χ1v) is 8.51. The summed E-state index contributed by atoms with van der Waals surface area (Å²) >= 11 is 0.811. The van der Waals surface area contributed by atoms with E-state index in [1.165, 1.54) is 23.7 Å². The van der Waals surface area contributed by atoms with Gasteiger partial charge in [-0.05, 0) is 17.1 Å². The Morgan fingerprint density at radius 1 is 1.22 bits per heavy atom. The molecular weight excluding hydrogens is 342 g/mol. The Morgan fingerprint density at radius 3 is 2.52 bits per heavy atom. The summed E-state index contributed by atoms with van der Waals surface area (Å²) in [6, 6.07) is 7.84. The number of aromatic nitrogens is 4. The summed E-state index contributed by atoms with van der Waals surface area (Å²) in [7, 11) is -2.32. The van der Waals surface area contributed by atoms with E-state index in [9.17, 15) is 18.5 Å². The van der Waals surface area contributed by atoms with Gasteiger partial charge in [0.1, 0.15) is 6.20 Å². The zero-order chi connectivity index (χ0) is 16.6. The molecule has 0 amide bonds. The number of imidazole rings is 1. The van der Waals surface area contributed by atoms with Crippen molar-refractivity contribution in [3.05, 3.63) is 46.6 Å². The zero-order valence-corrected chi connectivity index (χ0v) is 13.3. The summed E-state index contributed by atoms with van der Waals surface area (Å²) in [5, 5.41) is 18.5. The fourth-order valence-corrected chi connectivity index (χ4v) is 4.32. The first-order valence-electron chi connectivity index (χ1n) is 6.21. The molecule has 0 aliphatic rings.